The van der Waals surface area contributed by atoms with Crippen molar-refractivity contribution in [3.05, 3.63) is 0 Å². The van der Waals surface area contributed by atoms with Gasteiger partial charge in [-0.1, -0.05) is 34.6 Å². The zero-order valence-electron chi connectivity index (χ0n) is 18.7. The van der Waals surface area contributed by atoms with E-state index < -0.39 is 12.1 Å². The zero-order chi connectivity index (χ0) is 22.0. The summed E-state index contributed by atoms with van der Waals surface area (Å²) < 4.78 is 0. The average Bonchev–Trinajstić information content (AvgIpc) is 2.62. The Morgan fingerprint density at radius 3 is 1.93 bits per heavy atom. The second-order valence-corrected chi connectivity index (χ2v) is 7.99. The van der Waals surface area contributed by atoms with E-state index in [4.69, 9.17) is 0 Å². The maximum Gasteiger partial charge on any atom is 0.243 e. The van der Waals surface area contributed by atoms with Crippen LogP contribution in [0.1, 0.15) is 53.9 Å². The topological polar surface area (TPSA) is 98.8 Å². The molecule has 2 N–H and O–H groups in total. The SMILES string of the molecule is CCCC(=O)N(C)CC(=O)N(C)[C@@H](CC(C)C)C(=O)NC(C(=O)NC)C(C)C. The minimum atomic E-state index is -0.715. The predicted octanol–water partition coefficient (Wildman–Crippen LogP) is 1.00. The van der Waals surface area contributed by atoms with E-state index in [1.54, 1.807) is 14.1 Å². The summed E-state index contributed by atoms with van der Waals surface area (Å²) in [5.41, 5.74) is 0. The monoisotopic (exact) mass is 398 g/mol. The molecule has 0 saturated carbocycles. The minimum absolute atomic E-state index is 0.0831. The van der Waals surface area contributed by atoms with Crippen LogP contribution in [0.4, 0.5) is 0 Å². The summed E-state index contributed by atoms with van der Waals surface area (Å²) in [6.07, 6.45) is 1.55. The van der Waals surface area contributed by atoms with Crippen LogP contribution in [0.15, 0.2) is 0 Å². The Kier molecular flexibility index (Phi) is 11.4. The lowest BCUT2D eigenvalue weighted by atomic mass is 9.99. The molecule has 162 valence electrons. The lowest BCUT2D eigenvalue weighted by molar-refractivity contribution is -0.144. The Morgan fingerprint density at radius 1 is 0.929 bits per heavy atom. The van der Waals surface area contributed by atoms with E-state index in [2.05, 4.69) is 10.6 Å². The molecule has 0 aromatic carbocycles. The van der Waals surface area contributed by atoms with Gasteiger partial charge in [-0.3, -0.25) is 19.2 Å². The van der Waals surface area contributed by atoms with Crippen molar-refractivity contribution in [3.8, 4) is 0 Å². The largest absolute Gasteiger partial charge is 0.357 e. The third kappa shape index (κ3) is 8.27. The fourth-order valence-corrected chi connectivity index (χ4v) is 2.81. The Balaban J connectivity index is 5.31. The van der Waals surface area contributed by atoms with Crippen molar-refractivity contribution in [2.45, 2.75) is 66.0 Å². The molecule has 4 amide bonds. The Labute approximate surface area is 169 Å². The first kappa shape index (κ1) is 25.9. The second-order valence-electron chi connectivity index (χ2n) is 7.99. The molecular weight excluding hydrogens is 360 g/mol. The van der Waals surface area contributed by atoms with Crippen LogP contribution in [0, 0.1) is 11.8 Å². The Bertz CT molecular complexity index is 548. The van der Waals surface area contributed by atoms with Crippen LogP contribution in [0.5, 0.6) is 0 Å². The molecule has 0 spiro atoms. The summed E-state index contributed by atoms with van der Waals surface area (Å²) in [4.78, 5) is 52.4. The fourth-order valence-electron chi connectivity index (χ4n) is 2.81. The summed E-state index contributed by atoms with van der Waals surface area (Å²) in [6, 6.07) is -1.39. The number of nitrogens with zero attached hydrogens (tertiary/aromatic N) is 2. The molecule has 0 heterocycles. The van der Waals surface area contributed by atoms with Crippen molar-refractivity contribution in [3.63, 3.8) is 0 Å². The van der Waals surface area contributed by atoms with E-state index in [0.29, 0.717) is 19.3 Å². The van der Waals surface area contributed by atoms with Crippen molar-refractivity contribution >= 4 is 23.6 Å². The van der Waals surface area contributed by atoms with E-state index in [9.17, 15) is 19.2 Å². The van der Waals surface area contributed by atoms with Gasteiger partial charge in [0, 0.05) is 27.6 Å². The van der Waals surface area contributed by atoms with Crippen LogP contribution < -0.4 is 10.6 Å². The van der Waals surface area contributed by atoms with Gasteiger partial charge in [-0.2, -0.15) is 0 Å². The number of carbonyl (C=O) groups is 4. The minimum Gasteiger partial charge on any atom is -0.357 e. The Hall–Kier alpha value is -2.12. The lowest BCUT2D eigenvalue weighted by Crippen LogP contribution is -2.56. The molecule has 0 aliphatic carbocycles. The zero-order valence-corrected chi connectivity index (χ0v) is 18.7. The van der Waals surface area contributed by atoms with Crippen molar-refractivity contribution in [1.29, 1.82) is 0 Å². The van der Waals surface area contributed by atoms with Gasteiger partial charge in [0.2, 0.25) is 23.6 Å². The smallest absolute Gasteiger partial charge is 0.243 e. The van der Waals surface area contributed by atoms with Crippen molar-refractivity contribution < 1.29 is 19.2 Å². The van der Waals surface area contributed by atoms with Crippen LogP contribution in [-0.4, -0.2) is 73.2 Å². The highest BCUT2D eigenvalue weighted by Gasteiger charge is 2.32. The molecule has 28 heavy (non-hydrogen) atoms. The van der Waals surface area contributed by atoms with Crippen LogP contribution in [0.2, 0.25) is 0 Å². The van der Waals surface area contributed by atoms with E-state index in [1.807, 2.05) is 34.6 Å². The molecule has 0 bridgehead atoms. The summed E-state index contributed by atoms with van der Waals surface area (Å²) in [5.74, 6) is -0.979. The van der Waals surface area contributed by atoms with Gasteiger partial charge in [0.15, 0.2) is 0 Å². The molecule has 8 nitrogen and oxygen atoms in total. The van der Waals surface area contributed by atoms with Crippen molar-refractivity contribution in [2.24, 2.45) is 11.8 Å². The molecule has 0 aromatic heterocycles. The highest BCUT2D eigenvalue weighted by Crippen LogP contribution is 2.13. The average molecular weight is 399 g/mol. The first-order chi connectivity index (χ1) is 13.0. The molecule has 0 fully saturated rings. The lowest BCUT2D eigenvalue weighted by Gasteiger charge is -2.32. The number of hydrogen-bond acceptors (Lipinski definition) is 4. The fraction of sp³-hybridized carbons (Fsp3) is 0.800. The van der Waals surface area contributed by atoms with Gasteiger partial charge in [0.25, 0.3) is 0 Å². The number of likely N-dealkylation sites (N-methyl/N-ethyl adjacent to an activating group) is 3. The molecule has 1 unspecified atom stereocenters. The molecular formula is C20H38N4O4. The highest BCUT2D eigenvalue weighted by atomic mass is 16.2. The third-order valence-electron chi connectivity index (χ3n) is 4.61. The summed E-state index contributed by atoms with van der Waals surface area (Å²) >= 11 is 0. The first-order valence-corrected chi connectivity index (χ1v) is 9.97. The van der Waals surface area contributed by atoms with Gasteiger partial charge in [-0.05, 0) is 24.7 Å². The van der Waals surface area contributed by atoms with Gasteiger partial charge in [-0.15, -0.1) is 0 Å². The molecule has 0 aromatic rings. The van der Waals surface area contributed by atoms with E-state index in [0.717, 1.165) is 0 Å². The van der Waals surface area contributed by atoms with Gasteiger partial charge in [0.1, 0.15) is 12.1 Å². The van der Waals surface area contributed by atoms with Gasteiger partial charge in [0.05, 0.1) is 6.54 Å². The summed E-state index contributed by atoms with van der Waals surface area (Å²) in [5, 5.41) is 5.33. The van der Waals surface area contributed by atoms with Crippen molar-refractivity contribution in [2.75, 3.05) is 27.7 Å². The molecule has 0 aliphatic heterocycles. The van der Waals surface area contributed by atoms with Crippen LogP contribution >= 0.6 is 0 Å². The summed E-state index contributed by atoms with van der Waals surface area (Å²) in [7, 11) is 4.67. The Morgan fingerprint density at radius 2 is 1.50 bits per heavy atom. The number of hydrogen-bond donors (Lipinski definition) is 2. The first-order valence-electron chi connectivity index (χ1n) is 9.97. The van der Waals surface area contributed by atoms with Crippen LogP contribution in [0.25, 0.3) is 0 Å². The van der Waals surface area contributed by atoms with E-state index >= 15 is 0 Å². The second kappa shape index (κ2) is 12.4. The van der Waals surface area contributed by atoms with Gasteiger partial charge in [-0.25, -0.2) is 0 Å². The van der Waals surface area contributed by atoms with Crippen LogP contribution in [0.3, 0.4) is 0 Å². The van der Waals surface area contributed by atoms with Crippen LogP contribution in [-0.2, 0) is 19.2 Å². The molecule has 0 rings (SSSR count). The normalized spacial score (nSPS) is 13.1. The third-order valence-corrected chi connectivity index (χ3v) is 4.61. The molecule has 0 saturated heterocycles. The molecule has 0 radical (unpaired) electrons. The molecule has 0 aliphatic rings. The predicted molar refractivity (Wildman–Crippen MR) is 109 cm³/mol. The van der Waals surface area contributed by atoms with Crippen molar-refractivity contribution in [1.82, 2.24) is 20.4 Å². The maximum absolute atomic E-state index is 12.9. The maximum atomic E-state index is 12.9. The number of nitrogens with one attached hydrogen (secondary N) is 2. The van der Waals surface area contributed by atoms with E-state index in [-0.39, 0.29) is 42.0 Å². The standard InChI is InChI=1S/C20H38N4O4/c1-9-10-16(25)23(7)12-17(26)24(8)15(11-13(2)3)19(27)22-18(14(4)5)20(28)21-6/h13-15,18H,9-12H2,1-8H3,(H,21,28)(H,22,27)/t15-,18?/m0/s1. The highest BCUT2D eigenvalue weighted by molar-refractivity contribution is 5.93. The van der Waals surface area contributed by atoms with Gasteiger partial charge >= 0.3 is 0 Å². The molecule has 2 atom stereocenters. The molecule has 8 heteroatoms. The number of carbonyl (C=O) groups excluding carboxylic acids is 4. The van der Waals surface area contributed by atoms with E-state index in [1.165, 1.54) is 16.8 Å². The summed E-state index contributed by atoms with van der Waals surface area (Å²) in [6.45, 7) is 9.45. The quantitative estimate of drug-likeness (QED) is 0.542. The number of amides is 4. The number of rotatable bonds is 11. The van der Waals surface area contributed by atoms with Gasteiger partial charge < -0.3 is 20.4 Å².